The molecule has 0 fully saturated rings. The number of nitrogens with zero attached hydrogens (tertiary/aromatic N) is 2. The Morgan fingerprint density at radius 1 is 1.30 bits per heavy atom. The summed E-state index contributed by atoms with van der Waals surface area (Å²) < 4.78 is 17.0. The molecule has 8 heteroatoms. The average Bonchev–Trinajstić information content (AvgIpc) is 3.12. The number of nitriles is 1. The summed E-state index contributed by atoms with van der Waals surface area (Å²) >= 11 is 6.58. The molecule has 4 rings (SSSR count). The van der Waals surface area contributed by atoms with Gasteiger partial charge in [-0.15, -0.1) is 5.10 Å². The Bertz CT molecular complexity index is 1170. The van der Waals surface area contributed by atoms with Crippen LogP contribution in [-0.4, -0.2) is 17.3 Å². The number of hydrogen-bond donors (Lipinski definition) is 2. The van der Waals surface area contributed by atoms with Gasteiger partial charge in [0.1, 0.15) is 18.2 Å². The van der Waals surface area contributed by atoms with Crippen molar-refractivity contribution in [3.05, 3.63) is 81.3 Å². The minimum absolute atomic E-state index is 0.0148. The third-order valence-corrected chi connectivity index (χ3v) is 5.22. The molecule has 0 amide bonds. The molecule has 0 radical (unpaired) electrons. The molecule has 2 aromatic carbocycles. The van der Waals surface area contributed by atoms with Crippen molar-refractivity contribution in [1.82, 2.24) is 10.2 Å². The van der Waals surface area contributed by atoms with Gasteiger partial charge in [-0.3, -0.25) is 5.10 Å². The van der Waals surface area contributed by atoms with Crippen LogP contribution in [0.2, 0.25) is 5.02 Å². The summed E-state index contributed by atoms with van der Waals surface area (Å²) in [6, 6.07) is 15.5. The number of halogens is 1. The van der Waals surface area contributed by atoms with E-state index in [0.717, 1.165) is 22.4 Å². The lowest BCUT2D eigenvalue weighted by Crippen LogP contribution is -2.21. The third-order valence-electron chi connectivity index (χ3n) is 4.94. The highest BCUT2D eigenvalue weighted by molar-refractivity contribution is 6.32. The highest BCUT2D eigenvalue weighted by Crippen LogP contribution is 2.46. The van der Waals surface area contributed by atoms with Gasteiger partial charge in [-0.2, -0.15) is 5.26 Å². The van der Waals surface area contributed by atoms with Gasteiger partial charge in [0.15, 0.2) is 11.5 Å². The van der Waals surface area contributed by atoms with Crippen LogP contribution in [0.25, 0.3) is 0 Å². The predicted octanol–water partition coefficient (Wildman–Crippen LogP) is 4.18. The molecular formula is C22H19ClN4O3. The van der Waals surface area contributed by atoms with E-state index in [4.69, 9.17) is 31.5 Å². The standard InChI is InChI=1S/C22H19ClN4O3/c1-12-18-19(15(10-24)21(25)30-22(18)27-26-12)14-8-16(23)20(17(9-14)28-2)29-11-13-6-4-3-5-7-13/h3-9,19H,11,25H2,1-2H3,(H,26,27). The van der Waals surface area contributed by atoms with Gasteiger partial charge in [-0.25, -0.2) is 0 Å². The van der Waals surface area contributed by atoms with Crippen molar-refractivity contribution < 1.29 is 14.2 Å². The van der Waals surface area contributed by atoms with E-state index >= 15 is 0 Å². The van der Waals surface area contributed by atoms with Crippen molar-refractivity contribution in [1.29, 1.82) is 5.26 Å². The van der Waals surface area contributed by atoms with Crippen molar-refractivity contribution >= 4 is 11.6 Å². The molecule has 3 aromatic rings. The van der Waals surface area contributed by atoms with Gasteiger partial charge >= 0.3 is 0 Å². The lowest BCUT2D eigenvalue weighted by Gasteiger charge is -2.24. The second-order valence-corrected chi connectivity index (χ2v) is 7.21. The SMILES string of the molecule is COc1cc(C2C(C#N)=C(N)Oc3n[nH]c(C)c32)cc(Cl)c1OCc1ccccc1. The van der Waals surface area contributed by atoms with E-state index in [1.165, 1.54) is 0 Å². The fourth-order valence-corrected chi connectivity index (χ4v) is 3.78. The third kappa shape index (κ3) is 3.42. The average molecular weight is 423 g/mol. The molecule has 7 nitrogen and oxygen atoms in total. The smallest absolute Gasteiger partial charge is 0.244 e. The number of allylic oxidation sites excluding steroid dienone is 1. The molecular weight excluding hydrogens is 404 g/mol. The Labute approximate surface area is 178 Å². The first-order chi connectivity index (χ1) is 14.5. The number of rotatable bonds is 5. The number of aromatic nitrogens is 2. The summed E-state index contributed by atoms with van der Waals surface area (Å²) in [6.07, 6.45) is 0. The zero-order valence-electron chi connectivity index (χ0n) is 16.4. The Hall–Kier alpha value is -3.63. The van der Waals surface area contributed by atoms with Crippen LogP contribution in [-0.2, 0) is 6.61 Å². The molecule has 2 heterocycles. The van der Waals surface area contributed by atoms with E-state index in [-0.39, 0.29) is 11.5 Å². The predicted molar refractivity (Wildman–Crippen MR) is 111 cm³/mol. The molecule has 0 saturated heterocycles. The first kappa shape index (κ1) is 19.7. The number of aromatic amines is 1. The van der Waals surface area contributed by atoms with Crippen molar-refractivity contribution in [2.24, 2.45) is 5.73 Å². The van der Waals surface area contributed by atoms with Crippen molar-refractivity contribution in [2.75, 3.05) is 7.11 Å². The lowest BCUT2D eigenvalue weighted by molar-refractivity contribution is 0.284. The number of aryl methyl sites for hydroxylation is 1. The second kappa shape index (κ2) is 8.01. The molecule has 0 saturated carbocycles. The Kier molecular flexibility index (Phi) is 5.25. The molecule has 3 N–H and O–H groups in total. The molecule has 1 aliphatic heterocycles. The van der Waals surface area contributed by atoms with E-state index in [1.54, 1.807) is 19.2 Å². The molecule has 152 valence electrons. The lowest BCUT2D eigenvalue weighted by atomic mass is 9.84. The van der Waals surface area contributed by atoms with Crippen LogP contribution in [0.1, 0.15) is 28.3 Å². The first-order valence-electron chi connectivity index (χ1n) is 9.20. The summed E-state index contributed by atoms with van der Waals surface area (Å²) in [5.41, 5.74) is 9.50. The minimum atomic E-state index is -0.493. The number of nitrogens with one attached hydrogen (secondary N) is 1. The van der Waals surface area contributed by atoms with Crippen LogP contribution in [0.5, 0.6) is 17.4 Å². The molecule has 0 aliphatic carbocycles. The van der Waals surface area contributed by atoms with Crippen molar-refractivity contribution in [3.63, 3.8) is 0 Å². The number of benzene rings is 2. The number of fused-ring (bicyclic) bond motifs is 1. The van der Waals surface area contributed by atoms with Crippen LogP contribution in [0.3, 0.4) is 0 Å². The van der Waals surface area contributed by atoms with E-state index in [9.17, 15) is 5.26 Å². The number of hydrogen-bond acceptors (Lipinski definition) is 6. The Morgan fingerprint density at radius 3 is 2.77 bits per heavy atom. The number of H-pyrrole nitrogens is 1. The molecule has 0 bridgehead atoms. The molecule has 1 unspecified atom stereocenters. The highest BCUT2D eigenvalue weighted by Gasteiger charge is 2.35. The van der Waals surface area contributed by atoms with E-state index in [2.05, 4.69) is 16.3 Å². The summed E-state index contributed by atoms with van der Waals surface area (Å²) in [5, 5.41) is 17.1. The van der Waals surface area contributed by atoms with Crippen LogP contribution in [0.4, 0.5) is 0 Å². The maximum atomic E-state index is 9.72. The van der Waals surface area contributed by atoms with Crippen molar-refractivity contribution in [3.8, 4) is 23.4 Å². The maximum absolute atomic E-state index is 9.72. The van der Waals surface area contributed by atoms with Crippen molar-refractivity contribution in [2.45, 2.75) is 19.4 Å². The fourth-order valence-electron chi connectivity index (χ4n) is 3.51. The largest absolute Gasteiger partial charge is 0.493 e. The van der Waals surface area contributed by atoms with Gasteiger partial charge in [0.25, 0.3) is 0 Å². The minimum Gasteiger partial charge on any atom is -0.493 e. The second-order valence-electron chi connectivity index (χ2n) is 6.80. The Balaban J connectivity index is 1.76. The van der Waals surface area contributed by atoms with Crippen LogP contribution in [0.15, 0.2) is 53.9 Å². The molecule has 0 spiro atoms. The zero-order valence-corrected chi connectivity index (χ0v) is 17.2. The van der Waals surface area contributed by atoms with Gasteiger partial charge in [-0.05, 0) is 30.2 Å². The van der Waals surface area contributed by atoms with E-state index < -0.39 is 5.92 Å². The van der Waals surface area contributed by atoms with E-state index in [1.807, 2.05) is 37.3 Å². The summed E-state index contributed by atoms with van der Waals surface area (Å²) in [6.45, 7) is 2.20. The summed E-state index contributed by atoms with van der Waals surface area (Å²) in [4.78, 5) is 0. The highest BCUT2D eigenvalue weighted by atomic mass is 35.5. The fraction of sp³-hybridized carbons (Fsp3) is 0.182. The summed E-state index contributed by atoms with van der Waals surface area (Å²) in [7, 11) is 1.54. The van der Waals surface area contributed by atoms with Crippen LogP contribution in [0, 0.1) is 18.3 Å². The number of nitrogens with two attached hydrogens (primary N) is 1. The Morgan fingerprint density at radius 2 is 2.07 bits per heavy atom. The van der Waals surface area contributed by atoms with Crippen LogP contribution < -0.4 is 19.9 Å². The first-order valence-corrected chi connectivity index (χ1v) is 9.57. The monoisotopic (exact) mass is 422 g/mol. The quantitative estimate of drug-likeness (QED) is 0.638. The zero-order chi connectivity index (χ0) is 21.3. The van der Waals surface area contributed by atoms with Gasteiger partial charge in [0.2, 0.25) is 11.8 Å². The topological polar surface area (TPSA) is 106 Å². The normalized spacial score (nSPS) is 15.2. The summed E-state index contributed by atoms with van der Waals surface area (Å²) in [5.74, 6) is 0.749. The van der Waals surface area contributed by atoms with Gasteiger partial charge in [-0.1, -0.05) is 41.9 Å². The molecule has 30 heavy (non-hydrogen) atoms. The number of ether oxygens (including phenoxy) is 3. The molecule has 1 atom stereocenters. The molecule has 1 aromatic heterocycles. The van der Waals surface area contributed by atoms with Crippen LogP contribution >= 0.6 is 11.6 Å². The maximum Gasteiger partial charge on any atom is 0.244 e. The van der Waals surface area contributed by atoms with E-state index in [0.29, 0.717) is 29.0 Å². The van der Waals surface area contributed by atoms with Gasteiger partial charge < -0.3 is 19.9 Å². The number of methoxy groups -OCH3 is 1. The van der Waals surface area contributed by atoms with Gasteiger partial charge in [0, 0.05) is 11.3 Å². The molecule has 1 aliphatic rings. The van der Waals surface area contributed by atoms with Gasteiger partial charge in [0.05, 0.1) is 18.1 Å².